The van der Waals surface area contributed by atoms with Gasteiger partial charge in [0.25, 0.3) is 11.8 Å². The number of hydrogen-bond donors (Lipinski definition) is 1. The van der Waals surface area contributed by atoms with E-state index in [1.807, 2.05) is 60.7 Å². The molecule has 2 aromatic heterocycles. The van der Waals surface area contributed by atoms with Crippen LogP contribution in [0.25, 0.3) is 22.3 Å². The monoisotopic (exact) mass is 430 g/mol. The summed E-state index contributed by atoms with van der Waals surface area (Å²) in [6.07, 6.45) is 3.38. The minimum absolute atomic E-state index is 0.298. The zero-order valence-corrected chi connectivity index (χ0v) is 17.5. The molecule has 1 aliphatic heterocycles. The minimum Gasteiger partial charge on any atom is -0.345 e. The van der Waals surface area contributed by atoms with Crippen LogP contribution in [0.2, 0.25) is 0 Å². The summed E-state index contributed by atoms with van der Waals surface area (Å²) in [7, 11) is 0. The molecule has 1 N–H and O–H groups in total. The van der Waals surface area contributed by atoms with Gasteiger partial charge in [0, 0.05) is 11.8 Å². The lowest BCUT2D eigenvalue weighted by molar-refractivity contribution is 0.0608. The predicted molar refractivity (Wildman–Crippen MR) is 125 cm³/mol. The first-order chi connectivity index (χ1) is 16.2. The fraction of sp³-hybridized carbons (Fsp3) is 0.0370. The lowest BCUT2D eigenvalue weighted by atomic mass is 9.94. The van der Waals surface area contributed by atoms with Crippen LogP contribution >= 0.6 is 0 Å². The number of aromatic amines is 1. The molecular formula is C27H18N4O2. The molecule has 0 aliphatic carbocycles. The average Bonchev–Trinajstić information content (AvgIpc) is 3.44. The molecule has 6 rings (SSSR count). The second-order valence-corrected chi connectivity index (χ2v) is 7.95. The Labute approximate surface area is 189 Å². The molecule has 2 amide bonds. The van der Waals surface area contributed by atoms with Gasteiger partial charge in [-0.25, -0.2) is 4.98 Å². The largest absolute Gasteiger partial charge is 0.345 e. The highest BCUT2D eigenvalue weighted by molar-refractivity contribution is 6.21. The third-order valence-corrected chi connectivity index (χ3v) is 6.01. The van der Waals surface area contributed by atoms with E-state index in [0.29, 0.717) is 11.1 Å². The van der Waals surface area contributed by atoms with E-state index < -0.39 is 6.04 Å². The number of aromatic nitrogens is 3. The van der Waals surface area contributed by atoms with Gasteiger partial charge in [-0.15, -0.1) is 0 Å². The molecule has 0 bridgehead atoms. The molecule has 0 radical (unpaired) electrons. The van der Waals surface area contributed by atoms with Crippen molar-refractivity contribution in [3.63, 3.8) is 0 Å². The van der Waals surface area contributed by atoms with E-state index in [1.54, 1.807) is 36.8 Å². The Morgan fingerprint density at radius 2 is 1.48 bits per heavy atom. The van der Waals surface area contributed by atoms with E-state index in [0.717, 1.165) is 33.4 Å². The lowest BCUT2D eigenvalue weighted by Crippen LogP contribution is -2.34. The normalized spacial score (nSPS) is 14.0. The van der Waals surface area contributed by atoms with Gasteiger partial charge in [0.2, 0.25) is 0 Å². The van der Waals surface area contributed by atoms with E-state index in [9.17, 15) is 9.59 Å². The second kappa shape index (κ2) is 7.53. The van der Waals surface area contributed by atoms with Gasteiger partial charge >= 0.3 is 0 Å². The fourth-order valence-corrected chi connectivity index (χ4v) is 4.46. The molecule has 6 heteroatoms. The molecule has 0 fully saturated rings. The van der Waals surface area contributed by atoms with Crippen LogP contribution in [-0.4, -0.2) is 31.7 Å². The summed E-state index contributed by atoms with van der Waals surface area (Å²) in [5.41, 5.74) is 5.90. The van der Waals surface area contributed by atoms with Crippen LogP contribution in [0.5, 0.6) is 0 Å². The van der Waals surface area contributed by atoms with E-state index in [4.69, 9.17) is 0 Å². The first-order valence-corrected chi connectivity index (χ1v) is 10.6. The van der Waals surface area contributed by atoms with Crippen LogP contribution < -0.4 is 0 Å². The maximum Gasteiger partial charge on any atom is 0.262 e. The summed E-state index contributed by atoms with van der Waals surface area (Å²) in [6.45, 7) is 0. The van der Waals surface area contributed by atoms with E-state index >= 15 is 0 Å². The SMILES string of the molecule is O=C1c2ccccc2C(=O)N1C(c1cccc(-c2ccccn2)c1)c1ccc2nc[nH]c2c1. The second-order valence-electron chi connectivity index (χ2n) is 7.95. The smallest absolute Gasteiger partial charge is 0.262 e. The molecule has 0 saturated carbocycles. The van der Waals surface area contributed by atoms with Crippen molar-refractivity contribution >= 4 is 22.8 Å². The highest BCUT2D eigenvalue weighted by Crippen LogP contribution is 2.37. The number of H-pyrrole nitrogens is 1. The Kier molecular flexibility index (Phi) is 4.36. The number of amides is 2. The van der Waals surface area contributed by atoms with Gasteiger partial charge in [-0.3, -0.25) is 19.5 Å². The number of fused-ring (bicyclic) bond motifs is 2. The summed E-state index contributed by atoms with van der Waals surface area (Å²) in [5.74, 6) is -0.595. The summed E-state index contributed by atoms with van der Waals surface area (Å²) in [5, 5.41) is 0. The molecule has 6 nitrogen and oxygen atoms in total. The van der Waals surface area contributed by atoms with Crippen LogP contribution in [0, 0.1) is 0 Å². The molecule has 3 aromatic carbocycles. The first-order valence-electron chi connectivity index (χ1n) is 10.6. The summed E-state index contributed by atoms with van der Waals surface area (Å²) < 4.78 is 0. The summed E-state index contributed by atoms with van der Waals surface area (Å²) in [6, 6.07) is 25.7. The Hall–Kier alpha value is -4.58. The van der Waals surface area contributed by atoms with Crippen molar-refractivity contribution in [3.05, 3.63) is 120 Å². The molecule has 158 valence electrons. The van der Waals surface area contributed by atoms with Crippen molar-refractivity contribution in [2.75, 3.05) is 0 Å². The highest BCUT2D eigenvalue weighted by atomic mass is 16.2. The van der Waals surface area contributed by atoms with Crippen molar-refractivity contribution in [2.45, 2.75) is 6.04 Å². The third kappa shape index (κ3) is 3.11. The molecule has 3 heterocycles. The van der Waals surface area contributed by atoms with Crippen LogP contribution in [-0.2, 0) is 0 Å². The number of nitrogens with zero attached hydrogens (tertiary/aromatic N) is 3. The van der Waals surface area contributed by atoms with Crippen molar-refractivity contribution in [3.8, 4) is 11.3 Å². The van der Waals surface area contributed by atoms with E-state index in [2.05, 4.69) is 15.0 Å². The van der Waals surface area contributed by atoms with Crippen LogP contribution in [0.4, 0.5) is 0 Å². The average molecular weight is 430 g/mol. The van der Waals surface area contributed by atoms with Gasteiger partial charge in [0.05, 0.1) is 40.2 Å². The number of carbonyl (C=O) groups excluding carboxylic acids is 2. The molecule has 1 unspecified atom stereocenters. The quantitative estimate of drug-likeness (QED) is 0.407. The maximum absolute atomic E-state index is 13.4. The lowest BCUT2D eigenvalue weighted by Gasteiger charge is -2.27. The molecule has 1 atom stereocenters. The van der Waals surface area contributed by atoms with Gasteiger partial charge in [-0.1, -0.05) is 42.5 Å². The number of imide groups is 1. The number of pyridine rings is 1. The zero-order chi connectivity index (χ0) is 22.4. The van der Waals surface area contributed by atoms with E-state index in [-0.39, 0.29) is 11.8 Å². The number of hydrogen-bond acceptors (Lipinski definition) is 4. The van der Waals surface area contributed by atoms with Crippen LogP contribution in [0.3, 0.4) is 0 Å². The van der Waals surface area contributed by atoms with Gasteiger partial charge < -0.3 is 4.98 Å². The van der Waals surface area contributed by atoms with Crippen molar-refractivity contribution in [2.24, 2.45) is 0 Å². The Morgan fingerprint density at radius 3 is 2.24 bits per heavy atom. The number of benzene rings is 3. The molecule has 0 spiro atoms. The molecule has 0 saturated heterocycles. The first kappa shape index (κ1) is 19.1. The van der Waals surface area contributed by atoms with Crippen LogP contribution in [0.1, 0.15) is 37.9 Å². The Morgan fingerprint density at radius 1 is 0.727 bits per heavy atom. The molecule has 33 heavy (non-hydrogen) atoms. The van der Waals surface area contributed by atoms with Gasteiger partial charge in [-0.2, -0.15) is 0 Å². The number of nitrogens with one attached hydrogen (secondary N) is 1. The van der Waals surface area contributed by atoms with Crippen molar-refractivity contribution < 1.29 is 9.59 Å². The number of imidazole rings is 1. The van der Waals surface area contributed by atoms with Crippen molar-refractivity contribution in [1.82, 2.24) is 19.9 Å². The molecule has 1 aliphatic rings. The fourth-order valence-electron chi connectivity index (χ4n) is 4.46. The van der Waals surface area contributed by atoms with Crippen LogP contribution in [0.15, 0.2) is 97.5 Å². The van der Waals surface area contributed by atoms with Gasteiger partial charge in [0.1, 0.15) is 0 Å². The molecule has 5 aromatic rings. The van der Waals surface area contributed by atoms with Gasteiger partial charge in [0.15, 0.2) is 0 Å². The molecular weight excluding hydrogens is 412 g/mol. The van der Waals surface area contributed by atoms with Gasteiger partial charge in [-0.05, 0) is 53.6 Å². The Balaban J connectivity index is 1.54. The minimum atomic E-state index is -0.603. The highest BCUT2D eigenvalue weighted by Gasteiger charge is 2.41. The Bertz CT molecular complexity index is 1490. The summed E-state index contributed by atoms with van der Waals surface area (Å²) in [4.78, 5) is 40.1. The number of carbonyl (C=O) groups is 2. The third-order valence-electron chi connectivity index (χ3n) is 6.01. The number of rotatable bonds is 4. The predicted octanol–water partition coefficient (Wildman–Crippen LogP) is 5.01. The summed E-state index contributed by atoms with van der Waals surface area (Å²) >= 11 is 0. The van der Waals surface area contributed by atoms with Crippen molar-refractivity contribution in [1.29, 1.82) is 0 Å². The maximum atomic E-state index is 13.4. The zero-order valence-electron chi connectivity index (χ0n) is 17.5. The topological polar surface area (TPSA) is 79.0 Å². The van der Waals surface area contributed by atoms with E-state index in [1.165, 1.54) is 4.90 Å². The standard InChI is InChI=1S/C27H18N4O2/c32-26-20-8-1-2-9-21(20)27(33)31(26)25(19-11-12-23-24(15-19)30-16-29-23)18-7-5-6-17(14-18)22-10-3-4-13-28-22/h1-16,25H,(H,29,30).